The highest BCUT2D eigenvalue weighted by Crippen LogP contribution is 2.14. The number of hydrogen-bond donors (Lipinski definition) is 1. The standard InChI is InChI=1S/C11H20N4/c1-2-7-15-9-13-14-11(15)4-3-10-5-6-12-8-10/h9-10,12H,2-8H2,1H3. The fourth-order valence-corrected chi connectivity index (χ4v) is 2.19. The van der Waals surface area contributed by atoms with Crippen LogP contribution in [0.5, 0.6) is 0 Å². The van der Waals surface area contributed by atoms with E-state index in [1.165, 1.54) is 25.9 Å². The second kappa shape index (κ2) is 5.26. The predicted molar refractivity (Wildman–Crippen MR) is 59.6 cm³/mol. The van der Waals surface area contributed by atoms with Gasteiger partial charge in [0.05, 0.1) is 0 Å². The normalized spacial score (nSPS) is 21.0. The van der Waals surface area contributed by atoms with Gasteiger partial charge in [0.25, 0.3) is 0 Å². The van der Waals surface area contributed by atoms with Crippen molar-refractivity contribution in [2.75, 3.05) is 13.1 Å². The minimum atomic E-state index is 0.844. The fraction of sp³-hybridized carbons (Fsp3) is 0.818. The zero-order valence-electron chi connectivity index (χ0n) is 9.45. The molecule has 1 aliphatic heterocycles. The summed E-state index contributed by atoms with van der Waals surface area (Å²) in [4.78, 5) is 0. The average molecular weight is 208 g/mol. The lowest BCUT2D eigenvalue weighted by atomic mass is 10.0. The van der Waals surface area contributed by atoms with Gasteiger partial charge in [-0.1, -0.05) is 6.92 Å². The summed E-state index contributed by atoms with van der Waals surface area (Å²) in [6.45, 7) is 5.60. The highest BCUT2D eigenvalue weighted by molar-refractivity contribution is 4.87. The molecule has 1 N–H and O–H groups in total. The van der Waals surface area contributed by atoms with E-state index in [1.807, 2.05) is 6.33 Å². The summed E-state index contributed by atoms with van der Waals surface area (Å²) in [5.41, 5.74) is 0. The van der Waals surface area contributed by atoms with Crippen LogP contribution in [-0.4, -0.2) is 27.9 Å². The Kier molecular flexibility index (Phi) is 3.72. The Morgan fingerprint density at radius 2 is 2.53 bits per heavy atom. The number of rotatable bonds is 5. The van der Waals surface area contributed by atoms with E-state index in [0.29, 0.717) is 0 Å². The first-order valence-corrected chi connectivity index (χ1v) is 5.97. The van der Waals surface area contributed by atoms with Gasteiger partial charge in [0.15, 0.2) is 0 Å². The van der Waals surface area contributed by atoms with Gasteiger partial charge in [0, 0.05) is 13.0 Å². The first-order valence-electron chi connectivity index (χ1n) is 5.97. The maximum atomic E-state index is 4.19. The summed E-state index contributed by atoms with van der Waals surface area (Å²) in [5, 5.41) is 11.6. The van der Waals surface area contributed by atoms with Crippen LogP contribution >= 0.6 is 0 Å². The molecule has 4 nitrogen and oxygen atoms in total. The van der Waals surface area contributed by atoms with Crippen molar-refractivity contribution in [1.82, 2.24) is 20.1 Å². The van der Waals surface area contributed by atoms with E-state index in [-0.39, 0.29) is 0 Å². The molecule has 15 heavy (non-hydrogen) atoms. The quantitative estimate of drug-likeness (QED) is 0.791. The summed E-state index contributed by atoms with van der Waals surface area (Å²) in [5.74, 6) is 2.00. The van der Waals surface area contributed by atoms with Gasteiger partial charge >= 0.3 is 0 Å². The molecule has 0 radical (unpaired) electrons. The maximum absolute atomic E-state index is 4.19. The van der Waals surface area contributed by atoms with Crippen LogP contribution in [0.15, 0.2) is 6.33 Å². The molecule has 0 bridgehead atoms. The van der Waals surface area contributed by atoms with Crippen molar-refractivity contribution in [3.05, 3.63) is 12.2 Å². The molecule has 1 aliphatic rings. The molecule has 2 heterocycles. The van der Waals surface area contributed by atoms with E-state index >= 15 is 0 Å². The number of aromatic nitrogens is 3. The molecular weight excluding hydrogens is 188 g/mol. The minimum Gasteiger partial charge on any atom is -0.318 e. The Bertz CT molecular complexity index is 289. The lowest BCUT2D eigenvalue weighted by molar-refractivity contribution is 0.511. The summed E-state index contributed by atoms with van der Waals surface area (Å²) in [6.07, 6.45) is 6.64. The molecule has 1 aromatic rings. The first-order chi connectivity index (χ1) is 7.40. The van der Waals surface area contributed by atoms with Crippen LogP contribution in [0.4, 0.5) is 0 Å². The second-order valence-corrected chi connectivity index (χ2v) is 4.34. The third kappa shape index (κ3) is 2.78. The maximum Gasteiger partial charge on any atom is 0.132 e. The topological polar surface area (TPSA) is 42.7 Å². The molecule has 84 valence electrons. The van der Waals surface area contributed by atoms with Crippen molar-refractivity contribution in [2.24, 2.45) is 5.92 Å². The molecule has 1 fully saturated rings. The average Bonchev–Trinajstić information content (AvgIpc) is 2.85. The summed E-state index contributed by atoms with van der Waals surface area (Å²) in [7, 11) is 0. The minimum absolute atomic E-state index is 0.844. The van der Waals surface area contributed by atoms with E-state index in [9.17, 15) is 0 Å². The molecule has 0 aromatic carbocycles. The van der Waals surface area contributed by atoms with Crippen LogP contribution in [0.2, 0.25) is 0 Å². The number of nitrogens with one attached hydrogen (secondary N) is 1. The molecule has 1 aromatic heterocycles. The number of hydrogen-bond acceptors (Lipinski definition) is 3. The third-order valence-corrected chi connectivity index (χ3v) is 3.10. The van der Waals surface area contributed by atoms with Gasteiger partial charge in [-0.25, -0.2) is 0 Å². The Morgan fingerprint density at radius 1 is 1.60 bits per heavy atom. The SMILES string of the molecule is CCCn1cnnc1CCC1CCNC1. The summed E-state index contributed by atoms with van der Waals surface area (Å²) < 4.78 is 2.18. The molecule has 1 unspecified atom stereocenters. The van der Waals surface area contributed by atoms with Crippen molar-refractivity contribution < 1.29 is 0 Å². The molecule has 1 atom stereocenters. The number of nitrogens with zero attached hydrogens (tertiary/aromatic N) is 3. The lowest BCUT2D eigenvalue weighted by Gasteiger charge is -2.08. The molecule has 4 heteroatoms. The lowest BCUT2D eigenvalue weighted by Crippen LogP contribution is -2.11. The van der Waals surface area contributed by atoms with Gasteiger partial charge in [-0.3, -0.25) is 0 Å². The van der Waals surface area contributed by atoms with Crippen molar-refractivity contribution in [3.8, 4) is 0 Å². The van der Waals surface area contributed by atoms with E-state index in [1.54, 1.807) is 0 Å². The molecular formula is C11H20N4. The monoisotopic (exact) mass is 208 g/mol. The zero-order chi connectivity index (χ0) is 10.5. The Morgan fingerprint density at radius 3 is 3.27 bits per heavy atom. The van der Waals surface area contributed by atoms with Crippen LogP contribution in [0.3, 0.4) is 0 Å². The molecule has 0 aliphatic carbocycles. The van der Waals surface area contributed by atoms with Crippen LogP contribution in [-0.2, 0) is 13.0 Å². The fourth-order valence-electron chi connectivity index (χ4n) is 2.19. The first kappa shape index (κ1) is 10.6. The van der Waals surface area contributed by atoms with E-state index in [4.69, 9.17) is 0 Å². The second-order valence-electron chi connectivity index (χ2n) is 4.34. The van der Waals surface area contributed by atoms with Crippen LogP contribution in [0.25, 0.3) is 0 Å². The van der Waals surface area contributed by atoms with Gasteiger partial charge in [0.2, 0.25) is 0 Å². The van der Waals surface area contributed by atoms with Gasteiger partial charge in [0.1, 0.15) is 12.2 Å². The van der Waals surface area contributed by atoms with Crippen molar-refractivity contribution in [3.63, 3.8) is 0 Å². The largest absolute Gasteiger partial charge is 0.318 e. The van der Waals surface area contributed by atoms with Crippen LogP contribution in [0, 0.1) is 5.92 Å². The Balaban J connectivity index is 1.83. The zero-order valence-corrected chi connectivity index (χ0v) is 9.45. The predicted octanol–water partition coefficient (Wildman–Crippen LogP) is 1.23. The van der Waals surface area contributed by atoms with Crippen molar-refractivity contribution in [2.45, 2.75) is 39.2 Å². The summed E-state index contributed by atoms with van der Waals surface area (Å²) >= 11 is 0. The molecule has 2 rings (SSSR count). The van der Waals surface area contributed by atoms with Gasteiger partial charge in [-0.2, -0.15) is 0 Å². The smallest absolute Gasteiger partial charge is 0.132 e. The summed E-state index contributed by atoms with van der Waals surface area (Å²) in [6, 6.07) is 0. The van der Waals surface area contributed by atoms with E-state index < -0.39 is 0 Å². The van der Waals surface area contributed by atoms with Gasteiger partial charge < -0.3 is 9.88 Å². The molecule has 0 spiro atoms. The highest BCUT2D eigenvalue weighted by Gasteiger charge is 2.15. The van der Waals surface area contributed by atoms with Crippen LogP contribution < -0.4 is 5.32 Å². The van der Waals surface area contributed by atoms with E-state index in [2.05, 4.69) is 27.0 Å². The Hall–Kier alpha value is -0.900. The third-order valence-electron chi connectivity index (χ3n) is 3.10. The molecule has 1 saturated heterocycles. The van der Waals surface area contributed by atoms with Crippen LogP contribution in [0.1, 0.15) is 32.0 Å². The van der Waals surface area contributed by atoms with E-state index in [0.717, 1.165) is 31.1 Å². The van der Waals surface area contributed by atoms with Gasteiger partial charge in [-0.05, 0) is 38.3 Å². The number of aryl methyl sites for hydroxylation is 2. The van der Waals surface area contributed by atoms with Crippen molar-refractivity contribution in [1.29, 1.82) is 0 Å². The molecule has 0 amide bonds. The van der Waals surface area contributed by atoms with Gasteiger partial charge in [-0.15, -0.1) is 10.2 Å². The molecule has 0 saturated carbocycles. The van der Waals surface area contributed by atoms with Crippen molar-refractivity contribution >= 4 is 0 Å². The highest BCUT2D eigenvalue weighted by atomic mass is 15.3. The Labute approximate surface area is 91.1 Å².